The van der Waals surface area contributed by atoms with Crippen LogP contribution in [0.3, 0.4) is 0 Å². The second-order valence-electron chi connectivity index (χ2n) is 3.65. The van der Waals surface area contributed by atoms with Gasteiger partial charge in [0.05, 0.1) is 6.04 Å². The Labute approximate surface area is 92.6 Å². The average molecular weight is 216 g/mol. The van der Waals surface area contributed by atoms with Crippen molar-refractivity contribution in [3.63, 3.8) is 0 Å². The Hall–Kier alpha value is -0.610. The number of nitrogens with one attached hydrogen (secondary N) is 1. The molecule has 4 heteroatoms. The maximum atomic E-state index is 11.3. The number of rotatable bonds is 9. The van der Waals surface area contributed by atoms with Crippen molar-refractivity contribution in [2.24, 2.45) is 5.73 Å². The number of carbonyl (C=O) groups is 1. The van der Waals surface area contributed by atoms with Crippen molar-refractivity contribution in [1.82, 2.24) is 5.32 Å². The molecular formula is C11H24N2O2. The minimum atomic E-state index is -0.355. The van der Waals surface area contributed by atoms with Crippen molar-refractivity contribution in [2.45, 2.75) is 45.6 Å². The summed E-state index contributed by atoms with van der Waals surface area (Å²) < 4.78 is 5.29. The van der Waals surface area contributed by atoms with Gasteiger partial charge in [-0.15, -0.1) is 0 Å². The second kappa shape index (κ2) is 9.93. The van der Waals surface area contributed by atoms with E-state index in [9.17, 15) is 4.79 Å². The molecule has 3 N–H and O–H groups in total. The Morgan fingerprint density at radius 1 is 1.33 bits per heavy atom. The fourth-order valence-electron chi connectivity index (χ4n) is 1.21. The van der Waals surface area contributed by atoms with Crippen molar-refractivity contribution in [3.05, 3.63) is 0 Å². The second-order valence-corrected chi connectivity index (χ2v) is 3.65. The SMILES string of the molecule is CCCOCCCNC(=O)[C@@H](N)CCC. The molecule has 0 fully saturated rings. The fourth-order valence-corrected chi connectivity index (χ4v) is 1.21. The molecule has 0 aliphatic carbocycles. The molecule has 0 aromatic heterocycles. The van der Waals surface area contributed by atoms with Crippen molar-refractivity contribution in [1.29, 1.82) is 0 Å². The number of ether oxygens (including phenoxy) is 1. The predicted octanol–water partition coefficient (Wildman–Crippen LogP) is 1.05. The number of nitrogens with two attached hydrogens (primary N) is 1. The lowest BCUT2D eigenvalue weighted by Gasteiger charge is -2.10. The molecule has 15 heavy (non-hydrogen) atoms. The molecule has 0 saturated heterocycles. The smallest absolute Gasteiger partial charge is 0.236 e. The van der Waals surface area contributed by atoms with Gasteiger partial charge in [0.1, 0.15) is 0 Å². The van der Waals surface area contributed by atoms with E-state index in [4.69, 9.17) is 10.5 Å². The first-order chi connectivity index (χ1) is 7.22. The lowest BCUT2D eigenvalue weighted by Crippen LogP contribution is -2.40. The molecular weight excluding hydrogens is 192 g/mol. The largest absolute Gasteiger partial charge is 0.381 e. The molecule has 0 aliphatic heterocycles. The maximum Gasteiger partial charge on any atom is 0.236 e. The van der Waals surface area contributed by atoms with Gasteiger partial charge in [-0.1, -0.05) is 20.3 Å². The van der Waals surface area contributed by atoms with Crippen molar-refractivity contribution >= 4 is 5.91 Å². The van der Waals surface area contributed by atoms with Gasteiger partial charge in [0.2, 0.25) is 5.91 Å². The van der Waals surface area contributed by atoms with E-state index in [1.54, 1.807) is 0 Å². The van der Waals surface area contributed by atoms with E-state index in [0.29, 0.717) is 13.2 Å². The Morgan fingerprint density at radius 2 is 2.07 bits per heavy atom. The van der Waals surface area contributed by atoms with Crippen molar-refractivity contribution in [3.8, 4) is 0 Å². The molecule has 0 rings (SSSR count). The zero-order valence-electron chi connectivity index (χ0n) is 9.92. The average Bonchev–Trinajstić information content (AvgIpc) is 2.23. The van der Waals surface area contributed by atoms with Crippen molar-refractivity contribution in [2.75, 3.05) is 19.8 Å². The van der Waals surface area contributed by atoms with Gasteiger partial charge in [-0.05, 0) is 19.3 Å². The van der Waals surface area contributed by atoms with Crippen LogP contribution in [0.5, 0.6) is 0 Å². The number of hydrogen-bond donors (Lipinski definition) is 2. The molecule has 0 saturated carbocycles. The summed E-state index contributed by atoms with van der Waals surface area (Å²) in [7, 11) is 0. The highest BCUT2D eigenvalue weighted by Gasteiger charge is 2.10. The van der Waals surface area contributed by atoms with Crippen LogP contribution < -0.4 is 11.1 Å². The van der Waals surface area contributed by atoms with Crippen molar-refractivity contribution < 1.29 is 9.53 Å². The molecule has 0 spiro atoms. The van der Waals surface area contributed by atoms with E-state index in [1.165, 1.54) is 0 Å². The molecule has 0 unspecified atom stereocenters. The van der Waals surface area contributed by atoms with Crippen LogP contribution in [0.4, 0.5) is 0 Å². The van der Waals surface area contributed by atoms with E-state index >= 15 is 0 Å². The minimum Gasteiger partial charge on any atom is -0.381 e. The summed E-state index contributed by atoms with van der Waals surface area (Å²) in [6, 6.07) is -0.355. The van der Waals surface area contributed by atoms with Gasteiger partial charge in [-0.25, -0.2) is 0 Å². The van der Waals surface area contributed by atoms with Crippen LogP contribution in [0.1, 0.15) is 39.5 Å². The first kappa shape index (κ1) is 14.4. The summed E-state index contributed by atoms with van der Waals surface area (Å²) in [6.45, 7) is 6.25. The molecule has 0 aliphatic rings. The normalized spacial score (nSPS) is 12.5. The quantitative estimate of drug-likeness (QED) is 0.566. The lowest BCUT2D eigenvalue weighted by atomic mass is 10.2. The van der Waals surface area contributed by atoms with Gasteiger partial charge in [0.25, 0.3) is 0 Å². The standard InChI is InChI=1S/C11H24N2O2/c1-3-6-10(12)11(14)13-7-5-9-15-8-4-2/h10H,3-9,12H2,1-2H3,(H,13,14)/t10-/m0/s1. The highest BCUT2D eigenvalue weighted by Crippen LogP contribution is 1.93. The summed E-state index contributed by atoms with van der Waals surface area (Å²) in [5.41, 5.74) is 5.65. The summed E-state index contributed by atoms with van der Waals surface area (Å²) in [5, 5.41) is 2.80. The third kappa shape index (κ3) is 8.39. The number of hydrogen-bond acceptors (Lipinski definition) is 3. The van der Waals surface area contributed by atoms with Gasteiger partial charge in [0, 0.05) is 19.8 Å². The molecule has 90 valence electrons. The van der Waals surface area contributed by atoms with Gasteiger partial charge in [-0.3, -0.25) is 4.79 Å². The van der Waals surface area contributed by atoms with Crippen LogP contribution in [0.25, 0.3) is 0 Å². The molecule has 0 aromatic carbocycles. The summed E-state index contributed by atoms with van der Waals surface area (Å²) in [6.07, 6.45) is 3.57. The Balaban J connectivity index is 3.30. The van der Waals surface area contributed by atoms with Gasteiger partial charge < -0.3 is 15.8 Å². The zero-order valence-corrected chi connectivity index (χ0v) is 9.92. The molecule has 1 amide bonds. The highest BCUT2D eigenvalue weighted by molar-refractivity contribution is 5.81. The number of carbonyl (C=O) groups excluding carboxylic acids is 1. The van der Waals surface area contributed by atoms with Crippen LogP contribution in [0.2, 0.25) is 0 Å². The van der Waals surface area contributed by atoms with Crippen LogP contribution in [0.15, 0.2) is 0 Å². The van der Waals surface area contributed by atoms with E-state index in [0.717, 1.165) is 32.3 Å². The van der Waals surface area contributed by atoms with E-state index in [1.807, 2.05) is 6.92 Å². The molecule has 0 aromatic rings. The van der Waals surface area contributed by atoms with Gasteiger partial charge >= 0.3 is 0 Å². The van der Waals surface area contributed by atoms with Crippen LogP contribution >= 0.6 is 0 Å². The molecule has 4 nitrogen and oxygen atoms in total. The highest BCUT2D eigenvalue weighted by atomic mass is 16.5. The lowest BCUT2D eigenvalue weighted by molar-refractivity contribution is -0.122. The third-order valence-corrected chi connectivity index (χ3v) is 2.05. The molecule has 1 atom stereocenters. The predicted molar refractivity (Wildman–Crippen MR) is 61.6 cm³/mol. The molecule has 0 radical (unpaired) electrons. The Kier molecular flexibility index (Phi) is 9.52. The van der Waals surface area contributed by atoms with Crippen LogP contribution in [0, 0.1) is 0 Å². The minimum absolute atomic E-state index is 0.0488. The van der Waals surface area contributed by atoms with Crippen LogP contribution in [-0.4, -0.2) is 31.7 Å². The third-order valence-electron chi connectivity index (χ3n) is 2.05. The topological polar surface area (TPSA) is 64.3 Å². The maximum absolute atomic E-state index is 11.3. The summed E-state index contributed by atoms with van der Waals surface area (Å²) in [5.74, 6) is -0.0488. The number of amides is 1. The van der Waals surface area contributed by atoms with Crippen LogP contribution in [-0.2, 0) is 9.53 Å². The van der Waals surface area contributed by atoms with E-state index < -0.39 is 0 Å². The first-order valence-electron chi connectivity index (χ1n) is 5.83. The first-order valence-corrected chi connectivity index (χ1v) is 5.83. The molecule has 0 heterocycles. The molecule has 0 bridgehead atoms. The summed E-state index contributed by atoms with van der Waals surface area (Å²) >= 11 is 0. The fraction of sp³-hybridized carbons (Fsp3) is 0.909. The van der Waals surface area contributed by atoms with Gasteiger partial charge in [-0.2, -0.15) is 0 Å². The van der Waals surface area contributed by atoms with Gasteiger partial charge in [0.15, 0.2) is 0 Å². The zero-order chi connectivity index (χ0) is 11.5. The summed E-state index contributed by atoms with van der Waals surface area (Å²) in [4.78, 5) is 11.3. The van der Waals surface area contributed by atoms with E-state index in [2.05, 4.69) is 12.2 Å². The monoisotopic (exact) mass is 216 g/mol. The Bertz CT molecular complexity index is 163. The Morgan fingerprint density at radius 3 is 2.67 bits per heavy atom. The van der Waals surface area contributed by atoms with E-state index in [-0.39, 0.29) is 11.9 Å².